The second kappa shape index (κ2) is 6.49. The molecule has 0 aliphatic carbocycles. The molecule has 3 heteroatoms. The molecule has 4 aromatic rings. The van der Waals surface area contributed by atoms with Crippen LogP contribution in [0.5, 0.6) is 5.75 Å². The Morgan fingerprint density at radius 3 is 2.41 bits per heavy atom. The van der Waals surface area contributed by atoms with E-state index in [1.54, 1.807) is 0 Å². The van der Waals surface area contributed by atoms with Crippen LogP contribution in [0.3, 0.4) is 0 Å². The molecule has 2 aliphatic heterocycles. The van der Waals surface area contributed by atoms with Gasteiger partial charge in [-0.05, 0) is 28.5 Å². The Balaban J connectivity index is 1.47. The third-order valence-electron chi connectivity index (χ3n) is 5.86. The summed E-state index contributed by atoms with van der Waals surface area (Å²) < 4.78 is 6.48. The molecule has 2 aliphatic rings. The van der Waals surface area contributed by atoms with Gasteiger partial charge in [-0.2, -0.15) is 5.10 Å². The van der Waals surface area contributed by atoms with E-state index < -0.39 is 0 Å². The first-order valence-electron chi connectivity index (χ1n) is 10.0. The molecule has 0 radical (unpaired) electrons. The van der Waals surface area contributed by atoms with E-state index in [9.17, 15) is 0 Å². The molecule has 0 amide bonds. The molecule has 2 heterocycles. The average Bonchev–Trinajstić information content (AvgIpc) is 3.25. The second-order valence-corrected chi connectivity index (χ2v) is 7.63. The highest BCUT2D eigenvalue weighted by Gasteiger charge is 2.40. The number of hydrazone groups is 1. The molecule has 0 bridgehead atoms. The summed E-state index contributed by atoms with van der Waals surface area (Å²) in [4.78, 5) is 0. The Morgan fingerprint density at radius 1 is 0.759 bits per heavy atom. The van der Waals surface area contributed by atoms with Gasteiger partial charge >= 0.3 is 0 Å². The molecule has 140 valence electrons. The van der Waals surface area contributed by atoms with Gasteiger partial charge in [0.05, 0.1) is 11.8 Å². The molecule has 0 saturated carbocycles. The lowest BCUT2D eigenvalue weighted by molar-refractivity contribution is -0.0189. The van der Waals surface area contributed by atoms with Crippen molar-refractivity contribution >= 4 is 16.5 Å². The summed E-state index contributed by atoms with van der Waals surface area (Å²) in [5.74, 6) is 0.955. The lowest BCUT2D eigenvalue weighted by Gasteiger charge is -2.38. The van der Waals surface area contributed by atoms with Crippen molar-refractivity contribution in [2.75, 3.05) is 0 Å². The third kappa shape index (κ3) is 2.70. The Bertz CT molecular complexity index is 1230. The predicted octanol–water partition coefficient (Wildman–Crippen LogP) is 6.08. The van der Waals surface area contributed by atoms with Crippen molar-refractivity contribution in [1.29, 1.82) is 0 Å². The monoisotopic (exact) mass is 376 g/mol. The topological polar surface area (TPSA) is 24.8 Å². The summed E-state index contributed by atoms with van der Waals surface area (Å²) >= 11 is 0. The van der Waals surface area contributed by atoms with Crippen LogP contribution in [0.15, 0.2) is 102 Å². The SMILES string of the molecule is c1ccc(C2=NN3C(C2)c2ccccc2OC3c2ccc3ccccc3c2)cc1. The molecule has 2 unspecified atom stereocenters. The van der Waals surface area contributed by atoms with Gasteiger partial charge in [0.1, 0.15) is 5.75 Å². The quantitative estimate of drug-likeness (QED) is 0.423. The first-order valence-corrected chi connectivity index (χ1v) is 10.0. The maximum atomic E-state index is 6.48. The maximum Gasteiger partial charge on any atom is 0.213 e. The fourth-order valence-electron chi connectivity index (χ4n) is 4.42. The van der Waals surface area contributed by atoms with Crippen LogP contribution in [0.2, 0.25) is 0 Å². The summed E-state index contributed by atoms with van der Waals surface area (Å²) in [6.07, 6.45) is 0.648. The number of para-hydroxylation sites is 1. The zero-order valence-corrected chi connectivity index (χ0v) is 15.9. The molecule has 0 saturated heterocycles. The van der Waals surface area contributed by atoms with Crippen LogP contribution in [0.25, 0.3) is 10.8 Å². The molecule has 4 aromatic carbocycles. The molecule has 3 nitrogen and oxygen atoms in total. The summed E-state index contributed by atoms with van der Waals surface area (Å²) in [7, 11) is 0. The minimum atomic E-state index is -0.235. The summed E-state index contributed by atoms with van der Waals surface area (Å²) in [5, 5.41) is 9.64. The predicted molar refractivity (Wildman–Crippen MR) is 116 cm³/mol. The van der Waals surface area contributed by atoms with E-state index in [0.717, 1.165) is 23.4 Å². The van der Waals surface area contributed by atoms with Crippen LogP contribution in [-0.4, -0.2) is 10.7 Å². The smallest absolute Gasteiger partial charge is 0.213 e. The van der Waals surface area contributed by atoms with Crippen molar-refractivity contribution in [3.05, 3.63) is 114 Å². The van der Waals surface area contributed by atoms with Crippen molar-refractivity contribution in [1.82, 2.24) is 5.01 Å². The van der Waals surface area contributed by atoms with Gasteiger partial charge < -0.3 is 4.74 Å². The molecular weight excluding hydrogens is 356 g/mol. The van der Waals surface area contributed by atoms with Crippen LogP contribution < -0.4 is 4.74 Å². The van der Waals surface area contributed by atoms with Crippen LogP contribution in [-0.2, 0) is 0 Å². The number of fused-ring (bicyclic) bond motifs is 4. The van der Waals surface area contributed by atoms with E-state index in [2.05, 4.69) is 89.9 Å². The largest absolute Gasteiger partial charge is 0.464 e. The minimum absolute atomic E-state index is 0.187. The summed E-state index contributed by atoms with van der Waals surface area (Å²) in [6.45, 7) is 0. The Hall–Kier alpha value is -3.59. The van der Waals surface area contributed by atoms with Gasteiger partial charge in [0.15, 0.2) is 0 Å². The van der Waals surface area contributed by atoms with Gasteiger partial charge in [0, 0.05) is 17.5 Å². The summed E-state index contributed by atoms with van der Waals surface area (Å²) in [5.41, 5.74) is 4.62. The molecule has 0 N–H and O–H groups in total. The highest BCUT2D eigenvalue weighted by molar-refractivity contribution is 6.01. The van der Waals surface area contributed by atoms with Gasteiger partial charge in [-0.3, -0.25) is 0 Å². The fourth-order valence-corrected chi connectivity index (χ4v) is 4.42. The lowest BCUT2D eigenvalue weighted by Crippen LogP contribution is -2.33. The molecule has 0 spiro atoms. The van der Waals surface area contributed by atoms with Gasteiger partial charge in [-0.1, -0.05) is 84.9 Å². The Kier molecular flexibility index (Phi) is 3.66. The number of benzene rings is 4. The molecule has 0 fully saturated rings. The lowest BCUT2D eigenvalue weighted by atomic mass is 9.95. The third-order valence-corrected chi connectivity index (χ3v) is 5.86. The molecule has 0 aromatic heterocycles. The van der Waals surface area contributed by atoms with Gasteiger partial charge in [-0.25, -0.2) is 5.01 Å². The highest BCUT2D eigenvalue weighted by atomic mass is 16.5. The van der Waals surface area contributed by atoms with E-state index in [1.807, 2.05) is 12.1 Å². The number of rotatable bonds is 2. The van der Waals surface area contributed by atoms with Crippen LogP contribution >= 0.6 is 0 Å². The van der Waals surface area contributed by atoms with E-state index >= 15 is 0 Å². The van der Waals surface area contributed by atoms with E-state index in [4.69, 9.17) is 9.84 Å². The van der Waals surface area contributed by atoms with Crippen molar-refractivity contribution in [3.63, 3.8) is 0 Å². The van der Waals surface area contributed by atoms with Crippen LogP contribution in [0.4, 0.5) is 0 Å². The van der Waals surface area contributed by atoms with Crippen molar-refractivity contribution in [2.24, 2.45) is 5.10 Å². The van der Waals surface area contributed by atoms with Crippen molar-refractivity contribution in [2.45, 2.75) is 18.7 Å². The van der Waals surface area contributed by atoms with Gasteiger partial charge in [0.25, 0.3) is 0 Å². The number of ether oxygens (including phenoxy) is 1. The second-order valence-electron chi connectivity index (χ2n) is 7.63. The summed E-state index contributed by atoms with van der Waals surface area (Å²) in [6, 6.07) is 34.0. The molecular formula is C26H20N2O. The number of nitrogens with zero attached hydrogens (tertiary/aromatic N) is 2. The average molecular weight is 376 g/mol. The Morgan fingerprint density at radius 2 is 1.52 bits per heavy atom. The Labute approximate surface area is 169 Å². The van der Waals surface area contributed by atoms with E-state index in [0.29, 0.717) is 0 Å². The van der Waals surface area contributed by atoms with Crippen LogP contribution in [0.1, 0.15) is 35.4 Å². The highest BCUT2D eigenvalue weighted by Crippen LogP contribution is 2.47. The number of hydrogen-bond acceptors (Lipinski definition) is 3. The first-order chi connectivity index (χ1) is 14.4. The van der Waals surface area contributed by atoms with Gasteiger partial charge in [0.2, 0.25) is 6.23 Å². The van der Waals surface area contributed by atoms with E-state index in [-0.39, 0.29) is 12.3 Å². The molecule has 29 heavy (non-hydrogen) atoms. The maximum absolute atomic E-state index is 6.48. The van der Waals surface area contributed by atoms with Gasteiger partial charge in [-0.15, -0.1) is 0 Å². The van der Waals surface area contributed by atoms with E-state index in [1.165, 1.54) is 21.9 Å². The first kappa shape index (κ1) is 16.4. The zero-order chi connectivity index (χ0) is 19.2. The standard InChI is InChI=1S/C26H20N2O/c1-2-9-19(10-3-1)23-17-24-22-12-6-7-13-25(22)29-26(28(24)27-23)21-15-14-18-8-4-5-11-20(18)16-21/h1-16,24,26H,17H2. The zero-order valence-electron chi connectivity index (χ0n) is 15.9. The fraction of sp³-hybridized carbons (Fsp3) is 0.115. The minimum Gasteiger partial charge on any atom is -0.464 e. The number of hydrogen-bond donors (Lipinski definition) is 0. The molecule has 6 rings (SSSR count). The normalized spacial score (nSPS) is 20.0. The van der Waals surface area contributed by atoms with Crippen molar-refractivity contribution < 1.29 is 4.74 Å². The van der Waals surface area contributed by atoms with Crippen LogP contribution in [0, 0.1) is 0 Å². The van der Waals surface area contributed by atoms with Crippen molar-refractivity contribution in [3.8, 4) is 5.75 Å². The molecule has 2 atom stereocenters.